The third kappa shape index (κ3) is 5.22. The van der Waals surface area contributed by atoms with Crippen molar-refractivity contribution < 1.29 is 9.32 Å². The van der Waals surface area contributed by atoms with Gasteiger partial charge in [0.15, 0.2) is 5.82 Å². The highest BCUT2D eigenvalue weighted by Gasteiger charge is 2.16. The molecule has 1 heterocycles. The van der Waals surface area contributed by atoms with Crippen LogP contribution in [0.3, 0.4) is 0 Å². The van der Waals surface area contributed by atoms with Crippen molar-refractivity contribution in [3.8, 4) is 11.1 Å². The van der Waals surface area contributed by atoms with Crippen molar-refractivity contribution in [3.63, 3.8) is 0 Å². The molecule has 0 unspecified atom stereocenters. The molecule has 156 valence electrons. The number of thioether (sulfide) groups is 1. The fourth-order valence-corrected chi connectivity index (χ4v) is 4.17. The summed E-state index contributed by atoms with van der Waals surface area (Å²) in [5, 5.41) is 7.03. The Kier molecular flexibility index (Phi) is 6.48. The van der Waals surface area contributed by atoms with Crippen LogP contribution in [0.5, 0.6) is 0 Å². The van der Waals surface area contributed by atoms with E-state index in [1.165, 1.54) is 17.3 Å². The van der Waals surface area contributed by atoms with Gasteiger partial charge in [-0.1, -0.05) is 71.9 Å². The lowest BCUT2D eigenvalue weighted by Gasteiger charge is -2.16. The Morgan fingerprint density at radius 1 is 0.968 bits per heavy atom. The van der Waals surface area contributed by atoms with Crippen molar-refractivity contribution in [2.24, 2.45) is 0 Å². The maximum Gasteiger partial charge on any atom is 0.252 e. The Morgan fingerprint density at radius 2 is 1.65 bits per heavy atom. The van der Waals surface area contributed by atoms with Crippen molar-refractivity contribution in [3.05, 3.63) is 102 Å². The number of aromatic nitrogens is 2. The van der Waals surface area contributed by atoms with Crippen LogP contribution < -0.4 is 5.32 Å². The third-order valence-corrected chi connectivity index (χ3v) is 5.99. The lowest BCUT2D eigenvalue weighted by atomic mass is 10.0. The summed E-state index contributed by atoms with van der Waals surface area (Å²) >= 11 is 1.52. The van der Waals surface area contributed by atoms with Gasteiger partial charge in [-0.05, 0) is 35.7 Å². The smallest absolute Gasteiger partial charge is 0.252 e. The molecule has 0 spiro atoms. The molecule has 4 aromatic rings. The van der Waals surface area contributed by atoms with Crippen molar-refractivity contribution in [1.82, 2.24) is 15.5 Å². The predicted octanol–water partition coefficient (Wildman–Crippen LogP) is 5.83. The topological polar surface area (TPSA) is 68.0 Å². The van der Waals surface area contributed by atoms with Crippen LogP contribution in [0.15, 0.2) is 88.3 Å². The van der Waals surface area contributed by atoms with Gasteiger partial charge < -0.3 is 9.84 Å². The second-order valence-electron chi connectivity index (χ2n) is 7.20. The number of carbonyl (C=O) groups is 1. The number of aryl methyl sites for hydroxylation is 1. The number of amides is 1. The molecule has 0 saturated carbocycles. The molecule has 0 bridgehead atoms. The Bertz CT molecular complexity index is 1160. The summed E-state index contributed by atoms with van der Waals surface area (Å²) in [5.74, 6) is 1.59. The fourth-order valence-electron chi connectivity index (χ4n) is 3.27. The molecular weight excluding hydrogens is 406 g/mol. The molecule has 0 aliphatic heterocycles. The maximum atomic E-state index is 13.0. The van der Waals surface area contributed by atoms with Crippen molar-refractivity contribution in [2.75, 3.05) is 0 Å². The second-order valence-corrected chi connectivity index (χ2v) is 8.21. The fraction of sp³-hybridized carbons (Fsp3) is 0.160. The van der Waals surface area contributed by atoms with Gasteiger partial charge in [-0.25, -0.2) is 0 Å². The first-order valence-electron chi connectivity index (χ1n) is 10.1. The van der Waals surface area contributed by atoms with E-state index in [0.29, 0.717) is 23.0 Å². The highest BCUT2D eigenvalue weighted by atomic mass is 32.2. The molecule has 0 aliphatic carbocycles. The minimum absolute atomic E-state index is 0.105. The van der Waals surface area contributed by atoms with E-state index < -0.39 is 0 Å². The number of benzene rings is 3. The van der Waals surface area contributed by atoms with Gasteiger partial charge in [0.2, 0.25) is 5.89 Å². The minimum Gasteiger partial charge on any atom is -0.345 e. The summed E-state index contributed by atoms with van der Waals surface area (Å²) in [6, 6.07) is 26.0. The molecule has 0 radical (unpaired) electrons. The van der Waals surface area contributed by atoms with Crippen molar-refractivity contribution in [2.45, 2.75) is 30.5 Å². The molecule has 1 amide bonds. The van der Waals surface area contributed by atoms with Gasteiger partial charge in [-0.2, -0.15) is 4.98 Å². The minimum atomic E-state index is -0.116. The summed E-state index contributed by atoms with van der Waals surface area (Å²) in [4.78, 5) is 18.1. The number of hydrogen-bond donors (Lipinski definition) is 1. The van der Waals surface area contributed by atoms with E-state index in [9.17, 15) is 4.79 Å². The van der Waals surface area contributed by atoms with Gasteiger partial charge in [-0.15, -0.1) is 11.8 Å². The molecule has 5 nitrogen and oxygen atoms in total. The first-order chi connectivity index (χ1) is 15.1. The molecule has 1 N–H and O–H groups in total. The Morgan fingerprint density at radius 3 is 2.35 bits per heavy atom. The van der Waals surface area contributed by atoms with Crippen LogP contribution in [0.25, 0.3) is 11.1 Å². The molecule has 1 atom stereocenters. The van der Waals surface area contributed by atoms with E-state index in [0.717, 1.165) is 16.0 Å². The monoisotopic (exact) mass is 429 g/mol. The lowest BCUT2D eigenvalue weighted by Crippen LogP contribution is -2.27. The van der Waals surface area contributed by atoms with E-state index in [2.05, 4.69) is 51.9 Å². The van der Waals surface area contributed by atoms with E-state index in [4.69, 9.17) is 4.52 Å². The third-order valence-electron chi connectivity index (χ3n) is 4.92. The summed E-state index contributed by atoms with van der Waals surface area (Å²) in [6.45, 7) is 3.75. The van der Waals surface area contributed by atoms with E-state index in [1.54, 1.807) is 6.92 Å². The van der Waals surface area contributed by atoms with Crippen LogP contribution in [0.4, 0.5) is 0 Å². The quantitative estimate of drug-likeness (QED) is 0.375. The molecule has 0 saturated heterocycles. The van der Waals surface area contributed by atoms with E-state index in [1.807, 2.05) is 49.4 Å². The summed E-state index contributed by atoms with van der Waals surface area (Å²) in [5.41, 5.74) is 4.02. The van der Waals surface area contributed by atoms with Crippen LogP contribution in [0, 0.1) is 6.92 Å². The highest BCUT2D eigenvalue weighted by Crippen LogP contribution is 2.27. The first-order valence-corrected chi connectivity index (χ1v) is 11.1. The summed E-state index contributed by atoms with van der Waals surface area (Å²) < 4.78 is 5.02. The number of rotatable bonds is 7. The van der Waals surface area contributed by atoms with Gasteiger partial charge in [0.05, 0.1) is 17.4 Å². The molecule has 6 heteroatoms. The Labute approximate surface area is 185 Å². The molecule has 3 aromatic carbocycles. The molecule has 31 heavy (non-hydrogen) atoms. The SMILES string of the molecule is Cc1nc(CSc2ccccc2C(=O)N[C@H](C)c2ccc(-c3ccccc3)cc2)no1. The normalized spacial score (nSPS) is 11.8. The van der Waals surface area contributed by atoms with Gasteiger partial charge in [-0.3, -0.25) is 4.79 Å². The molecule has 4 rings (SSSR count). The Balaban J connectivity index is 1.43. The van der Waals surface area contributed by atoms with Gasteiger partial charge in [0, 0.05) is 11.8 Å². The van der Waals surface area contributed by atoms with E-state index in [-0.39, 0.29) is 11.9 Å². The number of nitrogens with zero attached hydrogens (tertiary/aromatic N) is 2. The average Bonchev–Trinajstić information content (AvgIpc) is 3.23. The van der Waals surface area contributed by atoms with Crippen molar-refractivity contribution in [1.29, 1.82) is 0 Å². The van der Waals surface area contributed by atoms with E-state index >= 15 is 0 Å². The van der Waals surface area contributed by atoms with Crippen LogP contribution in [-0.2, 0) is 5.75 Å². The molecule has 1 aromatic heterocycles. The maximum absolute atomic E-state index is 13.0. The highest BCUT2D eigenvalue weighted by molar-refractivity contribution is 7.98. The van der Waals surface area contributed by atoms with Crippen LogP contribution in [0.1, 0.15) is 40.6 Å². The second kappa shape index (κ2) is 9.62. The number of carbonyl (C=O) groups excluding carboxylic acids is 1. The lowest BCUT2D eigenvalue weighted by molar-refractivity contribution is 0.0937. The van der Waals surface area contributed by atoms with Gasteiger partial charge in [0.1, 0.15) is 0 Å². The zero-order valence-electron chi connectivity index (χ0n) is 17.4. The molecule has 0 fully saturated rings. The number of nitrogens with one attached hydrogen (secondary N) is 1. The number of hydrogen-bond acceptors (Lipinski definition) is 5. The zero-order valence-corrected chi connectivity index (χ0v) is 18.2. The van der Waals surface area contributed by atoms with Crippen LogP contribution in [-0.4, -0.2) is 16.0 Å². The Hall–Kier alpha value is -3.38. The summed E-state index contributed by atoms with van der Waals surface area (Å²) in [6.07, 6.45) is 0. The van der Waals surface area contributed by atoms with Crippen molar-refractivity contribution >= 4 is 17.7 Å². The first kappa shape index (κ1) is 20.9. The predicted molar refractivity (Wildman–Crippen MR) is 123 cm³/mol. The standard InChI is InChI=1S/C25H23N3O2S/c1-17(19-12-14-21(15-13-19)20-8-4-3-5-9-20)26-25(29)22-10-6-7-11-23(22)31-16-24-27-18(2)30-28-24/h3-15,17H,16H2,1-2H3,(H,26,29)/t17-/m1/s1. The van der Waals surface area contributed by atoms with Crippen LogP contribution >= 0.6 is 11.8 Å². The zero-order chi connectivity index (χ0) is 21.6. The average molecular weight is 430 g/mol. The van der Waals surface area contributed by atoms with Gasteiger partial charge in [0.25, 0.3) is 5.91 Å². The summed E-state index contributed by atoms with van der Waals surface area (Å²) in [7, 11) is 0. The molecule has 0 aliphatic rings. The largest absolute Gasteiger partial charge is 0.345 e. The van der Waals surface area contributed by atoms with Gasteiger partial charge >= 0.3 is 0 Å². The molecular formula is C25H23N3O2S. The van der Waals surface area contributed by atoms with Crippen LogP contribution in [0.2, 0.25) is 0 Å².